The first-order valence-corrected chi connectivity index (χ1v) is 34.5. The van der Waals surface area contributed by atoms with Gasteiger partial charge in [0.25, 0.3) is 0 Å². The van der Waals surface area contributed by atoms with Crippen molar-refractivity contribution in [3.8, 4) is 33.4 Å². The van der Waals surface area contributed by atoms with Gasteiger partial charge in [-0.3, -0.25) is 0 Å². The molecule has 0 amide bonds. The summed E-state index contributed by atoms with van der Waals surface area (Å²) in [5.41, 5.74) is 16.9. The van der Waals surface area contributed by atoms with Gasteiger partial charge in [-0.2, -0.15) is 0 Å². The van der Waals surface area contributed by atoms with Crippen molar-refractivity contribution in [3.05, 3.63) is 154 Å². The van der Waals surface area contributed by atoms with Crippen LogP contribution in [-0.2, 0) is 21.0 Å². The SMILES string of the molecule is CC1=Cc2c(-c3ccccc3)cc(-c3ccccc3)cc2[CH]1[Zr]([Cl])([Cl])([CH]1C(C(C)C)=Cc2c(-c3ccc(C(C)(C)C)cc3)cccc21)[SiH](C)C. The molecule has 2 atom stereocenters. The number of hydrogen-bond donors (Lipinski definition) is 0. The molecule has 0 nitrogen and oxygen atoms in total. The van der Waals surface area contributed by atoms with E-state index in [9.17, 15) is 0 Å². The Labute approximate surface area is 309 Å². The van der Waals surface area contributed by atoms with E-state index in [1.807, 2.05) is 0 Å². The standard InChI is InChI=1S/C22H17.C22H25.C2H7Si.2ClH.Zr/c1-16-12-20-14-19(17-8-4-2-5-9-17)15-22(21(20)13-16)18-10-6-3-7-11-18;1-15(2)18-13-17-7-6-8-20(21(17)14-18)16-9-11-19(12-10-16)22(3,4)5;1-3-2;;;/h2-15H,1H3;6-15H,1-5H3;3H,1-2H3;2*1H;/q;;;;;+2/p-2. The molecule has 5 aromatic carbocycles. The molecule has 255 valence electrons. The molecule has 7 rings (SSSR count). The van der Waals surface area contributed by atoms with Gasteiger partial charge in [0.05, 0.1) is 0 Å². The first-order valence-electron chi connectivity index (χ1n) is 18.2. The molecule has 0 bridgehead atoms. The first-order chi connectivity index (χ1) is 23.7. The van der Waals surface area contributed by atoms with Crippen molar-refractivity contribution < 1.29 is 15.6 Å². The minimum absolute atomic E-state index is 0.0281. The maximum atomic E-state index is 8.75. The molecule has 0 radical (unpaired) electrons. The Kier molecular flexibility index (Phi) is 9.30. The van der Waals surface area contributed by atoms with Crippen LogP contribution in [-0.4, -0.2) is 5.92 Å². The Balaban J connectivity index is 1.46. The molecule has 0 aliphatic heterocycles. The van der Waals surface area contributed by atoms with E-state index in [1.54, 1.807) is 0 Å². The van der Waals surface area contributed by atoms with Crippen LogP contribution in [0.5, 0.6) is 0 Å². The van der Waals surface area contributed by atoms with E-state index in [0.717, 1.165) is 0 Å². The molecule has 0 fully saturated rings. The van der Waals surface area contributed by atoms with Gasteiger partial charge in [0.2, 0.25) is 0 Å². The summed E-state index contributed by atoms with van der Waals surface area (Å²) in [5, 5.41) is 0. The van der Waals surface area contributed by atoms with Gasteiger partial charge in [0.1, 0.15) is 0 Å². The monoisotopic (exact) mass is 789 g/mol. The molecule has 5 aromatic rings. The third-order valence-electron chi connectivity index (χ3n) is 11.6. The van der Waals surface area contributed by atoms with Crippen LogP contribution in [0.4, 0.5) is 0 Å². The maximum absolute atomic E-state index is 8.75. The number of fused-ring (bicyclic) bond motifs is 2. The molecule has 0 saturated heterocycles. The molecule has 0 spiro atoms. The van der Waals surface area contributed by atoms with Crippen molar-refractivity contribution in [2.75, 3.05) is 0 Å². The van der Waals surface area contributed by atoms with E-state index in [-0.39, 0.29) is 12.7 Å². The second-order valence-corrected chi connectivity index (χ2v) is 58.8. The Bertz CT molecular complexity index is 2140. The zero-order valence-corrected chi connectivity index (χ0v) is 35.8. The van der Waals surface area contributed by atoms with Crippen molar-refractivity contribution in [1.29, 1.82) is 0 Å². The number of hydrogen-bond acceptors (Lipinski definition) is 0. The second kappa shape index (κ2) is 13.0. The molecular formula is C46H49Cl2SiZr. The molecule has 50 heavy (non-hydrogen) atoms. The van der Waals surface area contributed by atoms with Gasteiger partial charge in [-0.1, -0.05) is 0 Å². The van der Waals surface area contributed by atoms with Gasteiger partial charge < -0.3 is 0 Å². The second-order valence-electron chi connectivity index (χ2n) is 16.3. The Morgan fingerprint density at radius 2 is 1.18 bits per heavy atom. The summed E-state index contributed by atoms with van der Waals surface area (Å²) >= 11 is -4.93. The first kappa shape index (κ1) is 35.7. The molecule has 2 aliphatic carbocycles. The Hall–Kier alpha value is -2.74. The zero-order valence-electron chi connectivity index (χ0n) is 30.7. The number of benzene rings is 5. The average molecular weight is 792 g/mol. The fourth-order valence-electron chi connectivity index (χ4n) is 8.79. The summed E-state index contributed by atoms with van der Waals surface area (Å²) < 4.78 is 0.0792. The van der Waals surface area contributed by atoms with E-state index < -0.39 is 21.5 Å². The van der Waals surface area contributed by atoms with E-state index in [0.29, 0.717) is 5.92 Å². The zero-order chi connectivity index (χ0) is 35.6. The van der Waals surface area contributed by atoms with Crippen LogP contribution in [0.1, 0.15) is 76.6 Å². The van der Waals surface area contributed by atoms with Crippen LogP contribution >= 0.6 is 17.0 Å². The summed E-state index contributed by atoms with van der Waals surface area (Å²) in [5.74, 6) is -1.37. The van der Waals surface area contributed by atoms with Gasteiger partial charge in [-0.05, 0) is 0 Å². The summed E-state index contributed by atoms with van der Waals surface area (Å²) in [4.78, 5) is 0. The summed E-state index contributed by atoms with van der Waals surface area (Å²) in [6.45, 7) is 18.7. The molecule has 2 unspecified atom stereocenters. The van der Waals surface area contributed by atoms with E-state index in [4.69, 9.17) is 17.0 Å². The third kappa shape index (κ3) is 5.84. The van der Waals surface area contributed by atoms with Crippen LogP contribution in [0, 0.1) is 5.92 Å². The summed E-state index contributed by atoms with van der Waals surface area (Å²) in [7, 11) is 17.5. The molecule has 0 aromatic heterocycles. The van der Waals surface area contributed by atoms with Gasteiger partial charge in [0.15, 0.2) is 0 Å². The quantitative estimate of drug-likeness (QED) is 0.144. The predicted octanol–water partition coefficient (Wildman–Crippen LogP) is 14.2. The van der Waals surface area contributed by atoms with Crippen LogP contribution in [0.2, 0.25) is 13.1 Å². The van der Waals surface area contributed by atoms with Gasteiger partial charge in [0, 0.05) is 0 Å². The van der Waals surface area contributed by atoms with Gasteiger partial charge in [-0.25, -0.2) is 0 Å². The summed E-state index contributed by atoms with van der Waals surface area (Å²) in [6, 6.07) is 42.5. The number of halogens is 2. The molecule has 0 N–H and O–H groups in total. The molecule has 0 saturated carbocycles. The number of allylic oxidation sites excluding steroid dienone is 2. The molecule has 0 heterocycles. The van der Waals surface area contributed by atoms with Crippen molar-refractivity contribution in [2.24, 2.45) is 5.92 Å². The third-order valence-corrected chi connectivity index (χ3v) is 63.5. The Morgan fingerprint density at radius 3 is 1.76 bits per heavy atom. The Morgan fingerprint density at radius 1 is 0.600 bits per heavy atom. The van der Waals surface area contributed by atoms with E-state index >= 15 is 0 Å². The fourth-order valence-corrected chi connectivity index (χ4v) is 41.0. The molecule has 4 heteroatoms. The van der Waals surface area contributed by atoms with Crippen molar-refractivity contribution in [2.45, 2.75) is 67.3 Å². The fraction of sp³-hybridized carbons (Fsp3) is 0.261. The predicted molar refractivity (Wildman–Crippen MR) is 220 cm³/mol. The van der Waals surface area contributed by atoms with Gasteiger partial charge >= 0.3 is 311 Å². The van der Waals surface area contributed by atoms with Crippen LogP contribution in [0.25, 0.3) is 45.5 Å². The molecule has 2 aliphatic rings. The normalized spacial score (nSPS) is 18.0. The van der Waals surface area contributed by atoms with Crippen LogP contribution < -0.4 is 0 Å². The topological polar surface area (TPSA) is 0 Å². The summed E-state index contributed by atoms with van der Waals surface area (Å²) in [6.07, 6.45) is 4.91. The van der Waals surface area contributed by atoms with E-state index in [2.05, 4.69) is 182 Å². The number of rotatable bonds is 7. The van der Waals surface area contributed by atoms with Crippen molar-refractivity contribution >= 4 is 35.1 Å². The van der Waals surface area contributed by atoms with Crippen LogP contribution in [0.3, 0.4) is 0 Å². The molecular weight excluding hydrogens is 743 g/mol. The van der Waals surface area contributed by atoms with Crippen molar-refractivity contribution in [3.63, 3.8) is 0 Å². The minimum atomic E-state index is -4.93. The van der Waals surface area contributed by atoms with Crippen LogP contribution in [0.15, 0.2) is 126 Å². The van der Waals surface area contributed by atoms with Gasteiger partial charge in [-0.15, -0.1) is 0 Å². The average Bonchev–Trinajstić information content (AvgIpc) is 3.67. The van der Waals surface area contributed by atoms with Crippen molar-refractivity contribution in [1.82, 2.24) is 0 Å². The van der Waals surface area contributed by atoms with E-state index in [1.165, 1.54) is 72.3 Å².